The minimum Gasteiger partial charge on any atom is -0.497 e. The van der Waals surface area contributed by atoms with Crippen LogP contribution in [0.4, 0.5) is 0 Å². The fourth-order valence-electron chi connectivity index (χ4n) is 3.67. The summed E-state index contributed by atoms with van der Waals surface area (Å²) in [5.74, 6) is 1.34. The molecule has 1 aromatic rings. The predicted octanol–water partition coefficient (Wildman–Crippen LogP) is 2.80. The van der Waals surface area contributed by atoms with Gasteiger partial charge >= 0.3 is 0 Å². The number of hydrogen-bond acceptors (Lipinski definition) is 2. The van der Waals surface area contributed by atoms with Gasteiger partial charge in [0.1, 0.15) is 5.75 Å². The standard InChI is InChI=1S/C14H18O2/c1-13(2)11-6-7-14(13,15)12-8-9(16-3)4-5-10(11)12/h4-5,8,11,15H,6-7H2,1-3H3. The Morgan fingerprint density at radius 2 is 2.12 bits per heavy atom. The molecule has 2 nitrogen and oxygen atoms in total. The SMILES string of the molecule is COc1ccc2c(c1)C1(O)CCC2C1(C)C. The van der Waals surface area contributed by atoms with Crippen LogP contribution in [0.5, 0.6) is 5.75 Å². The third-order valence-corrected chi connectivity index (χ3v) is 4.81. The fourth-order valence-corrected chi connectivity index (χ4v) is 3.67. The number of ether oxygens (including phenoxy) is 1. The first kappa shape index (κ1) is 10.2. The maximum absolute atomic E-state index is 10.9. The molecule has 1 saturated carbocycles. The molecule has 0 spiro atoms. The van der Waals surface area contributed by atoms with Gasteiger partial charge in [0.2, 0.25) is 0 Å². The van der Waals surface area contributed by atoms with Crippen molar-refractivity contribution in [2.45, 2.75) is 38.2 Å². The van der Waals surface area contributed by atoms with Crippen molar-refractivity contribution in [1.82, 2.24) is 0 Å². The second-order valence-electron chi connectivity index (χ2n) is 5.63. The first-order valence-corrected chi connectivity index (χ1v) is 5.91. The first-order valence-electron chi connectivity index (χ1n) is 5.91. The van der Waals surface area contributed by atoms with Gasteiger partial charge in [0.25, 0.3) is 0 Å². The number of hydrogen-bond donors (Lipinski definition) is 1. The Hall–Kier alpha value is -1.02. The quantitative estimate of drug-likeness (QED) is 0.785. The van der Waals surface area contributed by atoms with E-state index in [4.69, 9.17) is 4.74 Å². The lowest BCUT2D eigenvalue weighted by Gasteiger charge is -2.33. The van der Waals surface area contributed by atoms with Gasteiger partial charge in [-0.25, -0.2) is 0 Å². The van der Waals surface area contributed by atoms with E-state index in [1.54, 1.807) is 7.11 Å². The van der Waals surface area contributed by atoms with Crippen LogP contribution >= 0.6 is 0 Å². The van der Waals surface area contributed by atoms with Gasteiger partial charge in [0.05, 0.1) is 12.7 Å². The Bertz CT molecular complexity index is 450. The van der Waals surface area contributed by atoms with Crippen LogP contribution in [0.15, 0.2) is 18.2 Å². The van der Waals surface area contributed by atoms with Crippen molar-refractivity contribution in [2.75, 3.05) is 7.11 Å². The molecule has 2 unspecified atom stereocenters. The van der Waals surface area contributed by atoms with E-state index in [-0.39, 0.29) is 5.41 Å². The monoisotopic (exact) mass is 218 g/mol. The molecule has 2 atom stereocenters. The number of rotatable bonds is 1. The molecule has 0 amide bonds. The Labute approximate surface area is 96.2 Å². The van der Waals surface area contributed by atoms with Crippen molar-refractivity contribution in [1.29, 1.82) is 0 Å². The van der Waals surface area contributed by atoms with Crippen LogP contribution < -0.4 is 4.74 Å². The molecule has 0 saturated heterocycles. The van der Waals surface area contributed by atoms with E-state index in [2.05, 4.69) is 19.9 Å². The molecule has 1 aromatic carbocycles. The van der Waals surface area contributed by atoms with E-state index < -0.39 is 5.60 Å². The first-order chi connectivity index (χ1) is 7.50. The molecule has 3 rings (SSSR count). The van der Waals surface area contributed by atoms with Crippen molar-refractivity contribution in [3.8, 4) is 5.75 Å². The van der Waals surface area contributed by atoms with E-state index >= 15 is 0 Å². The molecule has 16 heavy (non-hydrogen) atoms. The average Bonchev–Trinajstić information content (AvgIpc) is 2.59. The van der Waals surface area contributed by atoms with Crippen molar-refractivity contribution in [3.63, 3.8) is 0 Å². The zero-order valence-electron chi connectivity index (χ0n) is 10.1. The summed E-state index contributed by atoms with van der Waals surface area (Å²) in [5, 5.41) is 10.9. The van der Waals surface area contributed by atoms with E-state index in [0.717, 1.165) is 24.2 Å². The normalized spacial score (nSPS) is 33.9. The number of benzene rings is 1. The summed E-state index contributed by atoms with van der Waals surface area (Å²) in [6.45, 7) is 4.36. The smallest absolute Gasteiger partial charge is 0.119 e. The van der Waals surface area contributed by atoms with Crippen LogP contribution in [-0.2, 0) is 5.60 Å². The maximum Gasteiger partial charge on any atom is 0.119 e. The molecule has 0 aliphatic heterocycles. The molecule has 2 aliphatic carbocycles. The highest BCUT2D eigenvalue weighted by molar-refractivity contribution is 5.50. The molecular weight excluding hydrogens is 200 g/mol. The highest BCUT2D eigenvalue weighted by Gasteiger charge is 2.61. The van der Waals surface area contributed by atoms with Crippen LogP contribution in [0.2, 0.25) is 0 Å². The van der Waals surface area contributed by atoms with Crippen molar-refractivity contribution in [3.05, 3.63) is 29.3 Å². The zero-order valence-corrected chi connectivity index (χ0v) is 10.1. The minimum atomic E-state index is -0.651. The third kappa shape index (κ3) is 0.921. The summed E-state index contributed by atoms with van der Waals surface area (Å²) >= 11 is 0. The lowest BCUT2D eigenvalue weighted by atomic mass is 9.77. The average molecular weight is 218 g/mol. The molecule has 2 aliphatic rings. The zero-order chi connectivity index (χ0) is 11.6. The lowest BCUT2D eigenvalue weighted by Crippen LogP contribution is -2.34. The summed E-state index contributed by atoms with van der Waals surface area (Å²) in [6.07, 6.45) is 1.98. The van der Waals surface area contributed by atoms with Crippen LogP contribution in [0.1, 0.15) is 43.7 Å². The van der Waals surface area contributed by atoms with Crippen LogP contribution in [0.3, 0.4) is 0 Å². The Balaban J connectivity index is 2.23. The summed E-state index contributed by atoms with van der Waals surface area (Å²) in [5.41, 5.74) is 1.72. The second-order valence-corrected chi connectivity index (χ2v) is 5.63. The summed E-state index contributed by atoms with van der Waals surface area (Å²) in [6, 6.07) is 6.13. The third-order valence-electron chi connectivity index (χ3n) is 4.81. The van der Waals surface area contributed by atoms with Gasteiger partial charge < -0.3 is 9.84 Å². The summed E-state index contributed by atoms with van der Waals surface area (Å²) < 4.78 is 5.25. The molecule has 0 radical (unpaired) electrons. The Kier molecular flexibility index (Phi) is 1.78. The molecule has 2 bridgehead atoms. The Morgan fingerprint density at radius 3 is 2.81 bits per heavy atom. The molecular formula is C14H18O2. The maximum atomic E-state index is 10.9. The fraction of sp³-hybridized carbons (Fsp3) is 0.571. The van der Waals surface area contributed by atoms with Gasteiger partial charge in [-0.2, -0.15) is 0 Å². The number of fused-ring (bicyclic) bond motifs is 5. The van der Waals surface area contributed by atoms with Crippen LogP contribution in [0, 0.1) is 5.41 Å². The predicted molar refractivity (Wildman–Crippen MR) is 62.6 cm³/mol. The van der Waals surface area contributed by atoms with E-state index in [1.165, 1.54) is 5.56 Å². The van der Waals surface area contributed by atoms with E-state index in [0.29, 0.717) is 5.92 Å². The van der Waals surface area contributed by atoms with Crippen LogP contribution in [-0.4, -0.2) is 12.2 Å². The van der Waals surface area contributed by atoms with Gasteiger partial charge in [-0.05, 0) is 42.0 Å². The molecule has 1 fully saturated rings. The lowest BCUT2D eigenvalue weighted by molar-refractivity contribution is -0.0410. The second kappa shape index (κ2) is 2.80. The van der Waals surface area contributed by atoms with Gasteiger partial charge in [-0.1, -0.05) is 19.9 Å². The van der Waals surface area contributed by atoms with Gasteiger partial charge in [0.15, 0.2) is 0 Å². The van der Waals surface area contributed by atoms with Gasteiger partial charge in [-0.15, -0.1) is 0 Å². The topological polar surface area (TPSA) is 29.5 Å². The molecule has 0 heterocycles. The molecule has 1 N–H and O–H groups in total. The van der Waals surface area contributed by atoms with E-state index in [9.17, 15) is 5.11 Å². The minimum absolute atomic E-state index is 0.0400. The van der Waals surface area contributed by atoms with Crippen molar-refractivity contribution >= 4 is 0 Å². The molecule has 2 heteroatoms. The largest absolute Gasteiger partial charge is 0.497 e. The highest BCUT2D eigenvalue weighted by atomic mass is 16.5. The summed E-state index contributed by atoms with van der Waals surface area (Å²) in [7, 11) is 1.67. The summed E-state index contributed by atoms with van der Waals surface area (Å²) in [4.78, 5) is 0. The molecule has 0 aromatic heterocycles. The number of aliphatic hydroxyl groups is 1. The number of methoxy groups -OCH3 is 1. The van der Waals surface area contributed by atoms with E-state index in [1.807, 2.05) is 12.1 Å². The van der Waals surface area contributed by atoms with Gasteiger partial charge in [-0.3, -0.25) is 0 Å². The Morgan fingerprint density at radius 1 is 1.38 bits per heavy atom. The highest BCUT2D eigenvalue weighted by Crippen LogP contribution is 2.66. The van der Waals surface area contributed by atoms with Crippen molar-refractivity contribution in [2.24, 2.45) is 5.41 Å². The van der Waals surface area contributed by atoms with Crippen molar-refractivity contribution < 1.29 is 9.84 Å². The van der Waals surface area contributed by atoms with Crippen LogP contribution in [0.25, 0.3) is 0 Å². The van der Waals surface area contributed by atoms with Gasteiger partial charge in [0, 0.05) is 5.41 Å². The molecule has 86 valence electrons.